The minimum absolute atomic E-state index is 0.500. The molecule has 2 aromatic carbocycles. The lowest BCUT2D eigenvalue weighted by atomic mass is 10.2. The van der Waals surface area contributed by atoms with Crippen LogP contribution in [-0.2, 0) is 0 Å². The first kappa shape index (κ1) is 14.3. The van der Waals surface area contributed by atoms with Crippen molar-refractivity contribution in [2.75, 3.05) is 5.32 Å². The molecule has 0 aromatic heterocycles. The van der Waals surface area contributed by atoms with Gasteiger partial charge in [-0.25, -0.2) is 0 Å². The van der Waals surface area contributed by atoms with Gasteiger partial charge in [0.05, 0.1) is 5.60 Å². The molecule has 2 aromatic rings. The lowest BCUT2D eigenvalue weighted by Crippen LogP contribution is -2.10. The van der Waals surface area contributed by atoms with E-state index in [0.717, 1.165) is 11.4 Å². The molecule has 0 saturated heterocycles. The molecule has 96 valence electrons. The summed E-state index contributed by atoms with van der Waals surface area (Å²) in [5.74, 6) is 0. The van der Waals surface area contributed by atoms with Crippen LogP contribution >= 0.6 is 0 Å². The van der Waals surface area contributed by atoms with Gasteiger partial charge >= 0.3 is 0 Å². The number of nitrogens with one attached hydrogen (secondary N) is 1. The summed E-state index contributed by atoms with van der Waals surface area (Å²) >= 11 is 0. The van der Waals surface area contributed by atoms with Crippen molar-refractivity contribution < 1.29 is 5.11 Å². The Morgan fingerprint density at radius 1 is 0.722 bits per heavy atom. The largest absolute Gasteiger partial charge is 0.391 e. The van der Waals surface area contributed by atoms with Gasteiger partial charge in [-0.3, -0.25) is 0 Å². The maximum absolute atomic E-state index is 8.52. The molecule has 0 unspecified atom stereocenters. The number of hydrogen-bond acceptors (Lipinski definition) is 2. The number of hydrogen-bond donors (Lipinski definition) is 2. The molecule has 0 heterocycles. The minimum atomic E-state index is -0.500. The van der Waals surface area contributed by atoms with Gasteiger partial charge in [0, 0.05) is 11.4 Å². The van der Waals surface area contributed by atoms with Crippen LogP contribution in [0.5, 0.6) is 0 Å². The van der Waals surface area contributed by atoms with Crippen LogP contribution in [0.1, 0.15) is 20.8 Å². The van der Waals surface area contributed by atoms with E-state index in [-0.39, 0.29) is 0 Å². The molecule has 0 aliphatic rings. The second-order valence-corrected chi connectivity index (χ2v) is 5.03. The summed E-state index contributed by atoms with van der Waals surface area (Å²) in [7, 11) is 0. The van der Waals surface area contributed by atoms with E-state index >= 15 is 0 Å². The van der Waals surface area contributed by atoms with E-state index in [0.29, 0.717) is 0 Å². The van der Waals surface area contributed by atoms with Crippen LogP contribution in [0.2, 0.25) is 0 Å². The van der Waals surface area contributed by atoms with E-state index in [1.807, 2.05) is 60.7 Å². The summed E-state index contributed by atoms with van der Waals surface area (Å²) in [6, 6.07) is 20.3. The van der Waals surface area contributed by atoms with Crippen molar-refractivity contribution in [1.29, 1.82) is 0 Å². The summed E-state index contributed by atoms with van der Waals surface area (Å²) < 4.78 is 0. The second kappa shape index (κ2) is 6.82. The molecular formula is C16H21NO. The predicted octanol–water partition coefficient (Wildman–Crippen LogP) is 4.21. The molecule has 18 heavy (non-hydrogen) atoms. The van der Waals surface area contributed by atoms with Crippen LogP contribution in [-0.4, -0.2) is 10.7 Å². The lowest BCUT2D eigenvalue weighted by Gasteiger charge is -2.04. The summed E-state index contributed by atoms with van der Waals surface area (Å²) in [6.07, 6.45) is 0. The van der Waals surface area contributed by atoms with Crippen molar-refractivity contribution in [3.05, 3.63) is 60.7 Å². The fraction of sp³-hybridized carbons (Fsp3) is 0.250. The molecule has 2 nitrogen and oxygen atoms in total. The summed E-state index contributed by atoms with van der Waals surface area (Å²) in [5.41, 5.74) is 1.74. The van der Waals surface area contributed by atoms with Gasteiger partial charge in [-0.2, -0.15) is 0 Å². The van der Waals surface area contributed by atoms with E-state index in [1.165, 1.54) is 0 Å². The Hall–Kier alpha value is -1.80. The van der Waals surface area contributed by atoms with Crippen molar-refractivity contribution in [3.8, 4) is 0 Å². The van der Waals surface area contributed by atoms with Crippen molar-refractivity contribution >= 4 is 11.4 Å². The molecule has 0 radical (unpaired) electrons. The maximum Gasteiger partial charge on any atom is 0.0563 e. The molecule has 0 spiro atoms. The van der Waals surface area contributed by atoms with Crippen molar-refractivity contribution in [2.45, 2.75) is 26.4 Å². The van der Waals surface area contributed by atoms with Crippen LogP contribution in [0.4, 0.5) is 11.4 Å². The molecule has 0 saturated carbocycles. The smallest absolute Gasteiger partial charge is 0.0563 e. The molecule has 0 bridgehead atoms. The van der Waals surface area contributed by atoms with Crippen molar-refractivity contribution in [1.82, 2.24) is 0 Å². The Balaban J connectivity index is 0.000000280. The highest BCUT2D eigenvalue weighted by atomic mass is 16.3. The van der Waals surface area contributed by atoms with E-state index in [4.69, 9.17) is 5.11 Å². The first-order valence-corrected chi connectivity index (χ1v) is 6.04. The second-order valence-electron chi connectivity index (χ2n) is 5.03. The highest BCUT2D eigenvalue weighted by Gasteiger charge is 1.97. The van der Waals surface area contributed by atoms with Gasteiger partial charge in [0.1, 0.15) is 0 Å². The van der Waals surface area contributed by atoms with E-state index in [1.54, 1.807) is 20.8 Å². The van der Waals surface area contributed by atoms with Gasteiger partial charge in [0.25, 0.3) is 0 Å². The van der Waals surface area contributed by atoms with Crippen LogP contribution < -0.4 is 5.32 Å². The zero-order chi connectivity index (χ0) is 13.4. The normalized spacial score (nSPS) is 10.2. The van der Waals surface area contributed by atoms with Crippen LogP contribution in [0.15, 0.2) is 60.7 Å². The van der Waals surface area contributed by atoms with Gasteiger partial charge < -0.3 is 10.4 Å². The third kappa shape index (κ3) is 7.47. The summed E-state index contributed by atoms with van der Waals surface area (Å²) in [5, 5.41) is 11.8. The topological polar surface area (TPSA) is 32.3 Å². The molecule has 2 N–H and O–H groups in total. The zero-order valence-electron chi connectivity index (χ0n) is 11.2. The molecular weight excluding hydrogens is 222 g/mol. The van der Waals surface area contributed by atoms with E-state index in [2.05, 4.69) is 5.32 Å². The fourth-order valence-corrected chi connectivity index (χ4v) is 1.21. The molecule has 0 amide bonds. The van der Waals surface area contributed by atoms with E-state index in [9.17, 15) is 0 Å². The summed E-state index contributed by atoms with van der Waals surface area (Å²) in [6.45, 7) is 5.23. The number of rotatable bonds is 2. The SMILES string of the molecule is CC(C)(C)O.c1ccc(Nc2ccccc2)cc1. The highest BCUT2D eigenvalue weighted by Crippen LogP contribution is 2.14. The van der Waals surface area contributed by atoms with E-state index < -0.39 is 5.60 Å². The Morgan fingerprint density at radius 2 is 1.00 bits per heavy atom. The van der Waals surface area contributed by atoms with Gasteiger partial charge in [-0.1, -0.05) is 36.4 Å². The molecule has 0 aliphatic carbocycles. The maximum atomic E-state index is 8.52. The molecule has 2 rings (SSSR count). The van der Waals surface area contributed by atoms with Crippen LogP contribution in [0, 0.1) is 0 Å². The average Bonchev–Trinajstić information content (AvgIpc) is 2.29. The Kier molecular flexibility index (Phi) is 5.40. The quantitative estimate of drug-likeness (QED) is 0.828. The molecule has 0 fully saturated rings. The third-order valence-corrected chi connectivity index (χ3v) is 1.84. The Morgan fingerprint density at radius 3 is 1.28 bits per heavy atom. The average molecular weight is 243 g/mol. The standard InChI is InChI=1S/C12H11N.C4H10O/c1-3-7-11(8-4-1)13-12-9-5-2-6-10-12;1-4(2,3)5/h1-10,13H;5H,1-3H3. The number of aliphatic hydroxyl groups is 1. The lowest BCUT2D eigenvalue weighted by molar-refractivity contribution is 0.102. The van der Waals surface area contributed by atoms with Crippen LogP contribution in [0.3, 0.4) is 0 Å². The van der Waals surface area contributed by atoms with Gasteiger partial charge in [0.2, 0.25) is 0 Å². The third-order valence-electron chi connectivity index (χ3n) is 1.84. The molecule has 2 heteroatoms. The minimum Gasteiger partial charge on any atom is -0.391 e. The number of para-hydroxylation sites is 2. The van der Waals surface area contributed by atoms with Gasteiger partial charge in [-0.05, 0) is 45.0 Å². The van der Waals surface area contributed by atoms with Gasteiger partial charge in [-0.15, -0.1) is 0 Å². The number of benzene rings is 2. The van der Waals surface area contributed by atoms with Crippen LogP contribution in [0.25, 0.3) is 0 Å². The first-order valence-electron chi connectivity index (χ1n) is 6.04. The Labute approximate surface area is 109 Å². The summed E-state index contributed by atoms with van der Waals surface area (Å²) in [4.78, 5) is 0. The Bertz CT molecular complexity index is 388. The number of anilines is 2. The first-order chi connectivity index (χ1) is 8.45. The predicted molar refractivity (Wildman–Crippen MR) is 78.1 cm³/mol. The van der Waals surface area contributed by atoms with Gasteiger partial charge in [0.15, 0.2) is 0 Å². The molecule has 0 aliphatic heterocycles. The van der Waals surface area contributed by atoms with Crippen molar-refractivity contribution in [2.24, 2.45) is 0 Å². The van der Waals surface area contributed by atoms with Crippen molar-refractivity contribution in [3.63, 3.8) is 0 Å². The zero-order valence-corrected chi connectivity index (χ0v) is 11.2. The monoisotopic (exact) mass is 243 g/mol. The highest BCUT2D eigenvalue weighted by molar-refractivity contribution is 5.58. The molecule has 0 atom stereocenters. The fourth-order valence-electron chi connectivity index (χ4n) is 1.21.